The summed E-state index contributed by atoms with van der Waals surface area (Å²) in [6.07, 6.45) is 3.21. The minimum atomic E-state index is -0.548. The number of imide groups is 1. The number of hydrogen-bond acceptors (Lipinski definition) is 5. The van der Waals surface area contributed by atoms with Gasteiger partial charge in [0, 0.05) is 44.2 Å². The highest BCUT2D eigenvalue weighted by Crippen LogP contribution is 2.29. The molecule has 3 fully saturated rings. The summed E-state index contributed by atoms with van der Waals surface area (Å²) < 4.78 is 0. The van der Waals surface area contributed by atoms with Gasteiger partial charge in [-0.1, -0.05) is 12.1 Å². The van der Waals surface area contributed by atoms with Crippen LogP contribution in [0.5, 0.6) is 0 Å². The van der Waals surface area contributed by atoms with Crippen LogP contribution in [0.15, 0.2) is 18.2 Å². The van der Waals surface area contributed by atoms with Crippen LogP contribution in [0.25, 0.3) is 0 Å². The number of carbonyl (C=O) groups is 3. The summed E-state index contributed by atoms with van der Waals surface area (Å²) in [4.78, 5) is 40.6. The Bertz CT molecular complexity index is 827. The molecule has 3 amide bonds. The van der Waals surface area contributed by atoms with E-state index < -0.39 is 6.04 Å². The van der Waals surface area contributed by atoms with Crippen molar-refractivity contribution in [3.05, 3.63) is 34.9 Å². The minimum absolute atomic E-state index is 0.0940. The molecule has 4 aliphatic heterocycles. The summed E-state index contributed by atoms with van der Waals surface area (Å²) in [5.41, 5.74) is 2.82. The molecule has 3 unspecified atom stereocenters. The van der Waals surface area contributed by atoms with Crippen molar-refractivity contribution >= 4 is 17.7 Å². The lowest BCUT2D eigenvalue weighted by molar-refractivity contribution is -0.136. The first-order valence-electron chi connectivity index (χ1n) is 10.3. The number of nitrogens with one attached hydrogen (secondary N) is 2. The van der Waals surface area contributed by atoms with Gasteiger partial charge in [-0.15, -0.1) is 0 Å². The van der Waals surface area contributed by atoms with Crippen LogP contribution in [-0.2, 0) is 22.7 Å². The molecule has 0 spiro atoms. The highest BCUT2D eigenvalue weighted by Gasteiger charge is 2.39. The van der Waals surface area contributed by atoms with E-state index in [1.54, 1.807) is 4.90 Å². The Morgan fingerprint density at radius 2 is 2.00 bits per heavy atom. The van der Waals surface area contributed by atoms with Gasteiger partial charge in [0.2, 0.25) is 11.8 Å². The van der Waals surface area contributed by atoms with E-state index in [0.29, 0.717) is 24.6 Å². The first kappa shape index (κ1) is 17.8. The first-order valence-corrected chi connectivity index (χ1v) is 10.3. The zero-order valence-corrected chi connectivity index (χ0v) is 15.9. The number of rotatable bonds is 3. The molecule has 2 N–H and O–H groups in total. The Kier molecular flexibility index (Phi) is 4.44. The number of likely N-dealkylation sites (tertiary alicyclic amines) is 1. The van der Waals surface area contributed by atoms with Crippen LogP contribution < -0.4 is 10.6 Å². The van der Waals surface area contributed by atoms with E-state index in [1.165, 1.54) is 12.8 Å². The van der Waals surface area contributed by atoms with E-state index in [9.17, 15) is 14.4 Å². The summed E-state index contributed by atoms with van der Waals surface area (Å²) in [5.74, 6) is 0.0704. The standard InChI is InChI=1S/C21H26N4O3/c26-19-4-3-18(20(27)23-19)25-11-15-2-1-13(8-17(15)21(25)28)9-24-10-14-5-6-22-16(7-14)12-24/h1-2,8,14,16,18,22H,3-7,9-12H2,(H,23,26,27). The zero-order valence-electron chi connectivity index (χ0n) is 15.9. The average Bonchev–Trinajstić information content (AvgIpc) is 2.98. The Morgan fingerprint density at radius 1 is 1.11 bits per heavy atom. The molecular weight excluding hydrogens is 356 g/mol. The summed E-state index contributed by atoms with van der Waals surface area (Å²) in [5, 5.41) is 5.95. The molecule has 0 aliphatic carbocycles. The van der Waals surface area contributed by atoms with Crippen LogP contribution in [0.2, 0.25) is 0 Å². The van der Waals surface area contributed by atoms with E-state index in [4.69, 9.17) is 0 Å². The van der Waals surface area contributed by atoms with Gasteiger partial charge in [0.15, 0.2) is 0 Å². The molecular formula is C21H26N4O3. The van der Waals surface area contributed by atoms with Gasteiger partial charge in [-0.25, -0.2) is 0 Å². The van der Waals surface area contributed by atoms with E-state index >= 15 is 0 Å². The molecule has 0 saturated carbocycles. The SMILES string of the molecule is O=C1CCC(N2Cc3ccc(CN4CC5CCNC(C5)C4)cc3C2=O)C(=O)N1. The molecule has 4 aliphatic rings. The van der Waals surface area contributed by atoms with Crippen molar-refractivity contribution in [1.82, 2.24) is 20.4 Å². The predicted octanol–water partition coefficient (Wildman–Crippen LogP) is 0.631. The van der Waals surface area contributed by atoms with Crippen molar-refractivity contribution in [3.8, 4) is 0 Å². The summed E-state index contributed by atoms with van der Waals surface area (Å²) in [7, 11) is 0. The number of piperidine rings is 3. The maximum absolute atomic E-state index is 13.0. The van der Waals surface area contributed by atoms with Crippen molar-refractivity contribution in [2.75, 3.05) is 19.6 Å². The van der Waals surface area contributed by atoms with Crippen molar-refractivity contribution in [1.29, 1.82) is 0 Å². The number of hydrogen-bond donors (Lipinski definition) is 2. The molecule has 4 heterocycles. The maximum atomic E-state index is 13.0. The molecule has 3 atom stereocenters. The molecule has 3 saturated heterocycles. The van der Waals surface area contributed by atoms with Gasteiger partial charge >= 0.3 is 0 Å². The van der Waals surface area contributed by atoms with Crippen LogP contribution in [0.1, 0.15) is 47.2 Å². The quantitative estimate of drug-likeness (QED) is 0.750. The fraction of sp³-hybridized carbons (Fsp3) is 0.571. The predicted molar refractivity (Wildman–Crippen MR) is 102 cm³/mol. The van der Waals surface area contributed by atoms with Crippen molar-refractivity contribution in [2.45, 2.75) is 50.9 Å². The lowest BCUT2D eigenvalue weighted by Crippen LogP contribution is -2.53. The Morgan fingerprint density at radius 3 is 2.82 bits per heavy atom. The highest BCUT2D eigenvalue weighted by atomic mass is 16.2. The van der Waals surface area contributed by atoms with Gasteiger partial charge in [0.1, 0.15) is 6.04 Å². The van der Waals surface area contributed by atoms with Crippen LogP contribution in [-0.4, -0.2) is 59.2 Å². The van der Waals surface area contributed by atoms with Crippen molar-refractivity contribution in [3.63, 3.8) is 0 Å². The summed E-state index contributed by atoms with van der Waals surface area (Å²) >= 11 is 0. The smallest absolute Gasteiger partial charge is 0.255 e. The van der Waals surface area contributed by atoms with Gasteiger partial charge in [-0.3, -0.25) is 24.6 Å². The van der Waals surface area contributed by atoms with Gasteiger partial charge in [0.25, 0.3) is 5.91 Å². The second-order valence-corrected chi connectivity index (χ2v) is 8.63. The van der Waals surface area contributed by atoms with Crippen LogP contribution in [0.3, 0.4) is 0 Å². The third-order valence-corrected chi connectivity index (χ3v) is 6.60. The molecule has 7 heteroatoms. The molecule has 28 heavy (non-hydrogen) atoms. The average molecular weight is 382 g/mol. The topological polar surface area (TPSA) is 81.8 Å². The largest absolute Gasteiger partial charge is 0.322 e. The maximum Gasteiger partial charge on any atom is 0.255 e. The van der Waals surface area contributed by atoms with Gasteiger partial charge in [-0.2, -0.15) is 0 Å². The molecule has 0 radical (unpaired) electrons. The van der Waals surface area contributed by atoms with E-state index in [2.05, 4.69) is 21.6 Å². The Hall–Kier alpha value is -2.25. The van der Waals surface area contributed by atoms with E-state index in [-0.39, 0.29) is 24.1 Å². The zero-order chi connectivity index (χ0) is 19.3. The van der Waals surface area contributed by atoms with Gasteiger partial charge < -0.3 is 10.2 Å². The molecule has 1 aromatic carbocycles. The third kappa shape index (κ3) is 3.22. The summed E-state index contributed by atoms with van der Waals surface area (Å²) in [6.45, 7) is 4.62. The molecule has 7 nitrogen and oxygen atoms in total. The van der Waals surface area contributed by atoms with Crippen molar-refractivity contribution in [2.24, 2.45) is 5.92 Å². The lowest BCUT2D eigenvalue weighted by Gasteiger charge is -2.42. The van der Waals surface area contributed by atoms with Crippen LogP contribution >= 0.6 is 0 Å². The van der Waals surface area contributed by atoms with Crippen LogP contribution in [0, 0.1) is 5.92 Å². The second kappa shape index (κ2) is 6.97. The minimum Gasteiger partial charge on any atom is -0.322 e. The molecule has 0 aromatic heterocycles. The normalized spacial score (nSPS) is 30.4. The first-order chi connectivity index (χ1) is 13.6. The van der Waals surface area contributed by atoms with E-state index in [0.717, 1.165) is 43.2 Å². The molecule has 148 valence electrons. The molecule has 5 rings (SSSR count). The number of amides is 3. The fourth-order valence-corrected chi connectivity index (χ4v) is 5.24. The third-order valence-electron chi connectivity index (χ3n) is 6.60. The van der Waals surface area contributed by atoms with Crippen molar-refractivity contribution < 1.29 is 14.4 Å². The molecule has 1 aromatic rings. The Balaban J connectivity index is 1.30. The van der Waals surface area contributed by atoms with Gasteiger partial charge in [0.05, 0.1) is 0 Å². The number of nitrogens with zero attached hydrogens (tertiary/aromatic N) is 2. The lowest BCUT2D eigenvalue weighted by atomic mass is 9.88. The number of benzene rings is 1. The highest BCUT2D eigenvalue weighted by molar-refractivity contribution is 6.05. The Labute approximate surface area is 164 Å². The van der Waals surface area contributed by atoms with E-state index in [1.807, 2.05) is 12.1 Å². The fourth-order valence-electron chi connectivity index (χ4n) is 5.24. The van der Waals surface area contributed by atoms with Gasteiger partial charge in [-0.05, 0) is 48.9 Å². The number of carbonyl (C=O) groups excluding carboxylic acids is 3. The summed E-state index contributed by atoms with van der Waals surface area (Å²) in [6, 6.07) is 6.18. The monoisotopic (exact) mass is 382 g/mol. The van der Waals surface area contributed by atoms with Crippen LogP contribution in [0.4, 0.5) is 0 Å². The second-order valence-electron chi connectivity index (χ2n) is 8.63. The number of fused-ring (bicyclic) bond motifs is 3. The molecule has 2 bridgehead atoms.